The molecule has 0 saturated carbocycles. The van der Waals surface area contributed by atoms with E-state index in [-0.39, 0.29) is 24.7 Å². The van der Waals surface area contributed by atoms with Gasteiger partial charge in [0.1, 0.15) is 12.7 Å². The van der Waals surface area contributed by atoms with Gasteiger partial charge in [-0.25, -0.2) is 0 Å². The number of hydrogen-bond donors (Lipinski definition) is 1. The number of amides is 1. The molecule has 1 saturated heterocycles. The molecule has 3 rings (SSSR count). The Labute approximate surface area is 132 Å². The Bertz CT molecular complexity index is 658. The number of ether oxygens (including phenoxy) is 1. The van der Waals surface area contributed by atoms with Gasteiger partial charge in [-0.15, -0.1) is 0 Å². The first-order valence-electron chi connectivity index (χ1n) is 6.55. The van der Waals surface area contributed by atoms with Crippen LogP contribution >= 0.6 is 23.2 Å². The minimum Gasteiger partial charge on any atom is -0.361 e. The number of hydrogen-bond acceptors (Lipinski definition) is 2. The highest BCUT2D eigenvalue weighted by Crippen LogP contribution is 2.35. The molecule has 0 radical (unpaired) electrons. The molecule has 1 amide bonds. The zero-order valence-corrected chi connectivity index (χ0v) is 12.6. The topological polar surface area (TPSA) is 38.3 Å². The Kier molecular flexibility index (Phi) is 4.15. The summed E-state index contributed by atoms with van der Waals surface area (Å²) in [5.74, 6) is -0.131. The molecule has 1 heterocycles. The minimum atomic E-state index is -0.275. The fourth-order valence-electron chi connectivity index (χ4n) is 2.45. The van der Waals surface area contributed by atoms with E-state index in [0.717, 1.165) is 11.1 Å². The van der Waals surface area contributed by atoms with Crippen LogP contribution in [0.25, 0.3) is 0 Å². The van der Waals surface area contributed by atoms with E-state index in [1.807, 2.05) is 36.4 Å². The first-order chi connectivity index (χ1) is 10.1. The number of morpholine rings is 1. The molecule has 5 heteroatoms. The van der Waals surface area contributed by atoms with Crippen LogP contribution in [0.5, 0.6) is 0 Å². The Morgan fingerprint density at radius 3 is 2.48 bits per heavy atom. The van der Waals surface area contributed by atoms with Crippen molar-refractivity contribution in [3.05, 3.63) is 69.7 Å². The second-order valence-corrected chi connectivity index (χ2v) is 5.76. The van der Waals surface area contributed by atoms with Crippen LogP contribution in [0.3, 0.4) is 0 Å². The van der Waals surface area contributed by atoms with Crippen molar-refractivity contribution in [2.75, 3.05) is 6.61 Å². The molecule has 1 fully saturated rings. The molecule has 108 valence electrons. The fourth-order valence-corrected chi connectivity index (χ4v) is 2.78. The number of benzene rings is 2. The lowest BCUT2D eigenvalue weighted by molar-refractivity contribution is -0.137. The smallest absolute Gasteiger partial charge is 0.246 e. The maximum absolute atomic E-state index is 11.7. The minimum absolute atomic E-state index is 0.0429. The first kappa shape index (κ1) is 14.4. The average Bonchev–Trinajstić information content (AvgIpc) is 2.48. The molecule has 0 aliphatic carbocycles. The third kappa shape index (κ3) is 3.21. The molecule has 2 aromatic rings. The Morgan fingerprint density at radius 2 is 1.76 bits per heavy atom. The van der Waals surface area contributed by atoms with Crippen LogP contribution in [-0.2, 0) is 9.53 Å². The standard InChI is InChI=1S/C16H13Cl2NO2/c17-12-6-4-10(5-7-12)15-16(21-9-14(20)19-15)11-2-1-3-13(18)8-11/h1-8,15-16H,9H2,(H,19,20)/t15?,16-/m1/s1. The lowest BCUT2D eigenvalue weighted by Crippen LogP contribution is -2.41. The highest BCUT2D eigenvalue weighted by atomic mass is 35.5. The lowest BCUT2D eigenvalue weighted by Gasteiger charge is -2.33. The molecular weight excluding hydrogens is 309 g/mol. The fraction of sp³-hybridized carbons (Fsp3) is 0.188. The summed E-state index contributed by atoms with van der Waals surface area (Å²) in [6.07, 6.45) is -0.275. The van der Waals surface area contributed by atoms with Crippen LogP contribution < -0.4 is 5.32 Å². The van der Waals surface area contributed by atoms with Gasteiger partial charge in [0, 0.05) is 10.0 Å². The van der Waals surface area contributed by atoms with Gasteiger partial charge < -0.3 is 10.1 Å². The molecule has 0 spiro atoms. The maximum atomic E-state index is 11.7. The van der Waals surface area contributed by atoms with Crippen molar-refractivity contribution < 1.29 is 9.53 Å². The van der Waals surface area contributed by atoms with Crippen molar-refractivity contribution in [1.82, 2.24) is 5.32 Å². The predicted octanol–water partition coefficient (Wildman–Crippen LogP) is 3.92. The summed E-state index contributed by atoms with van der Waals surface area (Å²) < 4.78 is 5.72. The molecule has 1 aliphatic rings. The van der Waals surface area contributed by atoms with Crippen LogP contribution in [0.15, 0.2) is 48.5 Å². The van der Waals surface area contributed by atoms with Gasteiger partial charge >= 0.3 is 0 Å². The van der Waals surface area contributed by atoms with Crippen molar-refractivity contribution in [3.63, 3.8) is 0 Å². The van der Waals surface area contributed by atoms with Crippen LogP contribution in [0.1, 0.15) is 23.3 Å². The third-order valence-electron chi connectivity index (χ3n) is 3.42. The van der Waals surface area contributed by atoms with Crippen molar-refractivity contribution in [1.29, 1.82) is 0 Å². The molecule has 2 atom stereocenters. The highest BCUT2D eigenvalue weighted by Gasteiger charge is 2.32. The van der Waals surface area contributed by atoms with E-state index in [9.17, 15) is 4.79 Å². The number of carbonyl (C=O) groups is 1. The second-order valence-electron chi connectivity index (χ2n) is 4.88. The van der Waals surface area contributed by atoms with Crippen LogP contribution in [-0.4, -0.2) is 12.5 Å². The van der Waals surface area contributed by atoms with E-state index in [2.05, 4.69) is 5.32 Å². The van der Waals surface area contributed by atoms with Gasteiger partial charge in [-0.3, -0.25) is 4.79 Å². The van der Waals surface area contributed by atoms with Crippen LogP contribution in [0.2, 0.25) is 10.0 Å². The highest BCUT2D eigenvalue weighted by molar-refractivity contribution is 6.30. The average molecular weight is 322 g/mol. The van der Waals surface area contributed by atoms with Gasteiger partial charge in [-0.1, -0.05) is 47.5 Å². The zero-order chi connectivity index (χ0) is 14.8. The summed E-state index contributed by atoms with van der Waals surface area (Å²) >= 11 is 12.0. The van der Waals surface area contributed by atoms with Crippen molar-refractivity contribution in [2.45, 2.75) is 12.1 Å². The summed E-state index contributed by atoms with van der Waals surface area (Å²) in [6.45, 7) is 0.0429. The monoisotopic (exact) mass is 321 g/mol. The van der Waals surface area contributed by atoms with Crippen LogP contribution in [0, 0.1) is 0 Å². The van der Waals surface area contributed by atoms with Gasteiger partial charge in [0.2, 0.25) is 5.91 Å². The van der Waals surface area contributed by atoms with E-state index in [4.69, 9.17) is 27.9 Å². The molecule has 1 N–H and O–H groups in total. The molecular formula is C16H13Cl2NO2. The quantitative estimate of drug-likeness (QED) is 0.910. The number of halogens is 2. The normalized spacial score (nSPS) is 21.9. The molecule has 21 heavy (non-hydrogen) atoms. The van der Waals surface area contributed by atoms with Gasteiger partial charge in [-0.2, -0.15) is 0 Å². The molecule has 2 aromatic carbocycles. The number of carbonyl (C=O) groups excluding carboxylic acids is 1. The molecule has 1 aliphatic heterocycles. The second kappa shape index (κ2) is 6.06. The van der Waals surface area contributed by atoms with E-state index in [1.54, 1.807) is 12.1 Å². The Hall–Kier alpha value is -1.55. The van der Waals surface area contributed by atoms with Gasteiger partial charge in [0.25, 0.3) is 0 Å². The number of nitrogens with one attached hydrogen (secondary N) is 1. The SMILES string of the molecule is O=C1CO[C@H](c2cccc(Cl)c2)C(c2ccc(Cl)cc2)N1. The predicted molar refractivity (Wildman–Crippen MR) is 82.5 cm³/mol. The van der Waals surface area contributed by atoms with E-state index < -0.39 is 0 Å². The lowest BCUT2D eigenvalue weighted by atomic mass is 9.94. The Morgan fingerprint density at radius 1 is 1.00 bits per heavy atom. The molecule has 0 bridgehead atoms. The van der Waals surface area contributed by atoms with Gasteiger partial charge in [-0.05, 0) is 35.4 Å². The van der Waals surface area contributed by atoms with E-state index >= 15 is 0 Å². The molecule has 0 aromatic heterocycles. The van der Waals surface area contributed by atoms with Gasteiger partial charge in [0.05, 0.1) is 6.04 Å². The van der Waals surface area contributed by atoms with Crippen molar-refractivity contribution >= 4 is 29.1 Å². The van der Waals surface area contributed by atoms with Crippen molar-refractivity contribution in [3.8, 4) is 0 Å². The largest absolute Gasteiger partial charge is 0.361 e. The summed E-state index contributed by atoms with van der Waals surface area (Å²) in [6, 6.07) is 14.6. The third-order valence-corrected chi connectivity index (χ3v) is 3.91. The van der Waals surface area contributed by atoms with Crippen LogP contribution in [0.4, 0.5) is 0 Å². The van der Waals surface area contributed by atoms with E-state index in [1.165, 1.54) is 0 Å². The summed E-state index contributed by atoms with van der Waals surface area (Å²) in [5.41, 5.74) is 1.87. The summed E-state index contributed by atoms with van der Waals surface area (Å²) in [7, 11) is 0. The summed E-state index contributed by atoms with van der Waals surface area (Å²) in [5, 5.41) is 4.27. The van der Waals surface area contributed by atoms with E-state index in [0.29, 0.717) is 10.0 Å². The molecule has 3 nitrogen and oxygen atoms in total. The summed E-state index contributed by atoms with van der Waals surface area (Å²) in [4.78, 5) is 11.7. The van der Waals surface area contributed by atoms with Gasteiger partial charge in [0.15, 0.2) is 0 Å². The maximum Gasteiger partial charge on any atom is 0.246 e. The number of rotatable bonds is 2. The molecule has 1 unspecified atom stereocenters. The Balaban J connectivity index is 1.96. The first-order valence-corrected chi connectivity index (χ1v) is 7.31. The zero-order valence-electron chi connectivity index (χ0n) is 11.1. The van der Waals surface area contributed by atoms with Crippen molar-refractivity contribution in [2.24, 2.45) is 0 Å².